The van der Waals surface area contributed by atoms with Crippen LogP contribution in [-0.2, 0) is 0 Å². The molecule has 22 heavy (non-hydrogen) atoms. The Morgan fingerprint density at radius 2 is 1.95 bits per heavy atom. The summed E-state index contributed by atoms with van der Waals surface area (Å²) in [4.78, 5) is 4.50. The summed E-state index contributed by atoms with van der Waals surface area (Å²) < 4.78 is 18.2. The number of nitrogens with one attached hydrogen (secondary N) is 1. The van der Waals surface area contributed by atoms with E-state index in [-0.39, 0.29) is 5.82 Å². The van der Waals surface area contributed by atoms with Gasteiger partial charge < -0.3 is 10.1 Å². The van der Waals surface area contributed by atoms with Crippen molar-refractivity contribution in [3.63, 3.8) is 0 Å². The number of nitrogens with zero attached hydrogens (tertiary/aromatic N) is 1. The summed E-state index contributed by atoms with van der Waals surface area (Å²) in [5.74, 6) is 0.384. The van der Waals surface area contributed by atoms with Crippen molar-refractivity contribution in [1.29, 1.82) is 0 Å². The van der Waals surface area contributed by atoms with Crippen LogP contribution in [0.2, 0.25) is 5.02 Å². The van der Waals surface area contributed by atoms with Gasteiger partial charge in [0, 0.05) is 22.0 Å². The Bertz CT molecular complexity index is 789. The van der Waals surface area contributed by atoms with Crippen LogP contribution in [0.3, 0.4) is 0 Å². The van der Waals surface area contributed by atoms with Gasteiger partial charge in [0.15, 0.2) is 5.13 Å². The van der Waals surface area contributed by atoms with Crippen LogP contribution in [0, 0.1) is 5.82 Å². The van der Waals surface area contributed by atoms with Crippen LogP contribution in [0.5, 0.6) is 5.75 Å². The van der Waals surface area contributed by atoms with E-state index >= 15 is 0 Å². The van der Waals surface area contributed by atoms with Gasteiger partial charge in [0.1, 0.15) is 11.6 Å². The number of hydrogen-bond acceptors (Lipinski definition) is 4. The Morgan fingerprint density at radius 3 is 2.68 bits per heavy atom. The number of rotatable bonds is 4. The molecule has 0 aliphatic carbocycles. The average molecular weight is 335 g/mol. The maximum absolute atomic E-state index is 13.0. The number of ether oxygens (including phenoxy) is 1. The first-order valence-corrected chi connectivity index (χ1v) is 7.73. The van der Waals surface area contributed by atoms with E-state index in [4.69, 9.17) is 16.3 Å². The third-order valence-corrected chi connectivity index (χ3v) is 4.04. The Labute approximate surface area is 136 Å². The number of thiazole rings is 1. The molecule has 3 nitrogen and oxygen atoms in total. The second-order valence-corrected chi connectivity index (χ2v) is 5.81. The Morgan fingerprint density at radius 1 is 1.18 bits per heavy atom. The van der Waals surface area contributed by atoms with Crippen LogP contribution in [0.1, 0.15) is 0 Å². The standard InChI is InChI=1S/C16H12ClFN2OS/c1-21-15-8-11(17)4-7-13(15)19-16-20-14(9-22-16)10-2-5-12(18)6-3-10/h2-9H,1H3,(H,19,20). The molecule has 2 aromatic carbocycles. The molecule has 1 heterocycles. The summed E-state index contributed by atoms with van der Waals surface area (Å²) in [6.07, 6.45) is 0. The normalized spacial score (nSPS) is 10.5. The molecular weight excluding hydrogens is 323 g/mol. The first kappa shape index (κ1) is 14.8. The zero-order valence-corrected chi connectivity index (χ0v) is 13.2. The van der Waals surface area contributed by atoms with Crippen molar-refractivity contribution in [3.8, 4) is 17.0 Å². The van der Waals surface area contributed by atoms with E-state index in [0.717, 1.165) is 22.1 Å². The maximum Gasteiger partial charge on any atom is 0.187 e. The van der Waals surface area contributed by atoms with E-state index in [2.05, 4.69) is 10.3 Å². The van der Waals surface area contributed by atoms with Gasteiger partial charge in [-0.2, -0.15) is 0 Å². The molecule has 3 rings (SSSR count). The smallest absolute Gasteiger partial charge is 0.187 e. The predicted molar refractivity (Wildman–Crippen MR) is 88.8 cm³/mol. The molecule has 0 radical (unpaired) electrons. The van der Waals surface area contributed by atoms with Crippen LogP contribution in [-0.4, -0.2) is 12.1 Å². The SMILES string of the molecule is COc1cc(Cl)ccc1Nc1nc(-c2ccc(F)cc2)cs1. The molecule has 0 bridgehead atoms. The van der Waals surface area contributed by atoms with E-state index in [0.29, 0.717) is 10.8 Å². The van der Waals surface area contributed by atoms with Crippen molar-refractivity contribution < 1.29 is 9.13 Å². The molecule has 0 saturated carbocycles. The highest BCUT2D eigenvalue weighted by Gasteiger charge is 2.08. The molecule has 6 heteroatoms. The van der Waals surface area contributed by atoms with E-state index in [1.807, 2.05) is 11.4 Å². The first-order chi connectivity index (χ1) is 10.7. The fourth-order valence-electron chi connectivity index (χ4n) is 1.97. The minimum Gasteiger partial charge on any atom is -0.495 e. The topological polar surface area (TPSA) is 34.1 Å². The number of anilines is 2. The average Bonchev–Trinajstić information content (AvgIpc) is 2.98. The van der Waals surface area contributed by atoms with Crippen molar-refractivity contribution in [1.82, 2.24) is 4.98 Å². The van der Waals surface area contributed by atoms with E-state index in [1.165, 1.54) is 23.5 Å². The lowest BCUT2D eigenvalue weighted by molar-refractivity contribution is 0.417. The summed E-state index contributed by atoms with van der Waals surface area (Å²) in [6, 6.07) is 11.6. The number of halogens is 2. The minimum absolute atomic E-state index is 0.261. The molecule has 0 aliphatic heterocycles. The van der Waals surface area contributed by atoms with Crippen molar-refractivity contribution in [2.24, 2.45) is 0 Å². The maximum atomic E-state index is 13.0. The number of benzene rings is 2. The lowest BCUT2D eigenvalue weighted by Gasteiger charge is -2.09. The van der Waals surface area contributed by atoms with E-state index < -0.39 is 0 Å². The molecule has 0 unspecified atom stereocenters. The van der Waals surface area contributed by atoms with Gasteiger partial charge in [-0.05, 0) is 36.4 Å². The highest BCUT2D eigenvalue weighted by Crippen LogP contribution is 2.33. The third kappa shape index (κ3) is 3.21. The zero-order chi connectivity index (χ0) is 15.5. The molecule has 0 fully saturated rings. The number of methoxy groups -OCH3 is 1. The molecule has 0 amide bonds. The predicted octanol–water partition coefficient (Wildman–Crippen LogP) is 5.35. The van der Waals surface area contributed by atoms with Crippen molar-refractivity contribution in [3.05, 3.63) is 58.7 Å². The molecule has 1 aromatic heterocycles. The van der Waals surface area contributed by atoms with Crippen LogP contribution in [0.15, 0.2) is 47.8 Å². The van der Waals surface area contributed by atoms with E-state index in [1.54, 1.807) is 31.4 Å². The molecule has 1 N–H and O–H groups in total. The second kappa shape index (κ2) is 6.34. The van der Waals surface area contributed by atoms with E-state index in [9.17, 15) is 4.39 Å². The molecule has 3 aromatic rings. The van der Waals surface area contributed by atoms with Gasteiger partial charge in [-0.3, -0.25) is 0 Å². The lowest BCUT2D eigenvalue weighted by Crippen LogP contribution is -1.94. The fraction of sp³-hybridized carbons (Fsp3) is 0.0625. The molecule has 0 aliphatic rings. The van der Waals surface area contributed by atoms with Gasteiger partial charge in [-0.1, -0.05) is 11.6 Å². The summed E-state index contributed by atoms with van der Waals surface area (Å²) in [6.45, 7) is 0. The first-order valence-electron chi connectivity index (χ1n) is 6.48. The van der Waals surface area contributed by atoms with Gasteiger partial charge in [-0.25, -0.2) is 9.37 Å². The summed E-state index contributed by atoms with van der Waals surface area (Å²) in [7, 11) is 1.59. The fourth-order valence-corrected chi connectivity index (χ4v) is 2.86. The van der Waals surface area contributed by atoms with Crippen LogP contribution in [0.25, 0.3) is 11.3 Å². The van der Waals surface area contributed by atoms with Crippen molar-refractivity contribution in [2.75, 3.05) is 12.4 Å². The van der Waals surface area contributed by atoms with Gasteiger partial charge in [0.05, 0.1) is 18.5 Å². The third-order valence-electron chi connectivity index (χ3n) is 3.05. The molecule has 0 atom stereocenters. The molecular formula is C16H12ClFN2OS. The lowest BCUT2D eigenvalue weighted by atomic mass is 10.2. The molecule has 112 valence electrons. The van der Waals surface area contributed by atoms with Crippen LogP contribution < -0.4 is 10.1 Å². The second-order valence-electron chi connectivity index (χ2n) is 4.51. The zero-order valence-electron chi connectivity index (χ0n) is 11.6. The summed E-state index contributed by atoms with van der Waals surface area (Å²) in [5, 5.41) is 6.44. The van der Waals surface area contributed by atoms with Gasteiger partial charge >= 0.3 is 0 Å². The summed E-state index contributed by atoms with van der Waals surface area (Å²) >= 11 is 7.41. The highest BCUT2D eigenvalue weighted by molar-refractivity contribution is 7.14. The van der Waals surface area contributed by atoms with Gasteiger partial charge in [0.2, 0.25) is 0 Å². The summed E-state index contributed by atoms with van der Waals surface area (Å²) in [5.41, 5.74) is 2.45. The quantitative estimate of drug-likeness (QED) is 0.698. The van der Waals surface area contributed by atoms with Crippen LogP contribution >= 0.6 is 22.9 Å². The Hall–Kier alpha value is -2.11. The Balaban J connectivity index is 1.84. The monoisotopic (exact) mass is 334 g/mol. The van der Waals surface area contributed by atoms with Crippen LogP contribution in [0.4, 0.5) is 15.2 Å². The molecule has 0 saturated heterocycles. The largest absolute Gasteiger partial charge is 0.495 e. The minimum atomic E-state index is -0.261. The number of aromatic nitrogens is 1. The van der Waals surface area contributed by atoms with Gasteiger partial charge in [0.25, 0.3) is 0 Å². The van der Waals surface area contributed by atoms with Gasteiger partial charge in [-0.15, -0.1) is 11.3 Å². The molecule has 0 spiro atoms. The number of hydrogen-bond donors (Lipinski definition) is 1. The van der Waals surface area contributed by atoms with Crippen molar-refractivity contribution in [2.45, 2.75) is 0 Å². The highest BCUT2D eigenvalue weighted by atomic mass is 35.5. The van der Waals surface area contributed by atoms with Crippen molar-refractivity contribution >= 4 is 33.8 Å². The Kier molecular flexibility index (Phi) is 4.27.